The Balaban J connectivity index is 0.000000160. The summed E-state index contributed by atoms with van der Waals surface area (Å²) in [6.07, 6.45) is 0. The van der Waals surface area contributed by atoms with E-state index in [-0.39, 0.29) is 0 Å². The minimum absolute atomic E-state index is 0.952. The summed E-state index contributed by atoms with van der Waals surface area (Å²) in [6, 6.07) is 18.6. The van der Waals surface area contributed by atoms with Crippen molar-refractivity contribution in [2.45, 2.75) is 19.2 Å². The topological polar surface area (TPSA) is 0 Å². The Morgan fingerprint density at radius 3 is 1.50 bits per heavy atom. The Hall–Kier alpha value is -1.08. The van der Waals surface area contributed by atoms with E-state index in [1.807, 2.05) is 18.2 Å². The van der Waals surface area contributed by atoms with Crippen molar-refractivity contribution in [1.82, 2.24) is 0 Å². The van der Waals surface area contributed by atoms with Crippen molar-refractivity contribution in [2.75, 3.05) is 0 Å². The molecule has 0 aromatic heterocycles. The Kier molecular flexibility index (Phi) is 5.87. The molecule has 0 atom stereocenters. The van der Waals surface area contributed by atoms with Gasteiger partial charge in [-0.1, -0.05) is 70.5 Å². The van der Waals surface area contributed by atoms with E-state index in [1.165, 1.54) is 16.7 Å². The number of benzene rings is 2. The van der Waals surface area contributed by atoms with Gasteiger partial charge in [0.25, 0.3) is 0 Å². The summed E-state index contributed by atoms with van der Waals surface area (Å²) in [5.41, 5.74) is 4.06. The molecule has 0 nitrogen and oxygen atoms in total. The number of aryl methyl sites for hydroxylation is 2. The van der Waals surface area contributed by atoms with Gasteiger partial charge in [-0.15, -0.1) is 0 Å². The van der Waals surface area contributed by atoms with Gasteiger partial charge >= 0.3 is 0 Å². The summed E-state index contributed by atoms with van der Waals surface area (Å²) in [4.78, 5) is 0. The van der Waals surface area contributed by atoms with E-state index in [2.05, 4.69) is 66.2 Å². The van der Waals surface area contributed by atoms with Gasteiger partial charge in [0.15, 0.2) is 0 Å². The molecular formula is C15H17Br. The van der Waals surface area contributed by atoms with Gasteiger partial charge in [-0.25, -0.2) is 0 Å². The molecule has 0 amide bonds. The molecule has 2 aromatic carbocycles. The van der Waals surface area contributed by atoms with E-state index in [0.29, 0.717) is 0 Å². The largest absolute Gasteiger partial charge is 0.0876 e. The lowest BCUT2D eigenvalue weighted by atomic mass is 10.1. The van der Waals surface area contributed by atoms with Crippen molar-refractivity contribution >= 4 is 15.9 Å². The Bertz CT molecular complexity index is 386. The Morgan fingerprint density at radius 2 is 1.19 bits per heavy atom. The van der Waals surface area contributed by atoms with Crippen LogP contribution in [0.4, 0.5) is 0 Å². The van der Waals surface area contributed by atoms with Crippen LogP contribution in [0.1, 0.15) is 16.7 Å². The summed E-state index contributed by atoms with van der Waals surface area (Å²) in [5, 5.41) is 0.952. The van der Waals surface area contributed by atoms with Crippen LogP contribution in [0.25, 0.3) is 0 Å². The zero-order valence-electron chi connectivity index (χ0n) is 9.78. The third kappa shape index (κ3) is 4.63. The van der Waals surface area contributed by atoms with E-state index in [4.69, 9.17) is 0 Å². The second-order valence-corrected chi connectivity index (χ2v) is 4.26. The van der Waals surface area contributed by atoms with Gasteiger partial charge in [0, 0.05) is 5.33 Å². The van der Waals surface area contributed by atoms with Crippen molar-refractivity contribution in [2.24, 2.45) is 0 Å². The highest BCUT2D eigenvalue weighted by atomic mass is 79.9. The fourth-order valence-corrected chi connectivity index (χ4v) is 1.60. The molecule has 0 aliphatic rings. The normalized spacial score (nSPS) is 9.19. The first-order valence-corrected chi connectivity index (χ1v) is 6.48. The summed E-state index contributed by atoms with van der Waals surface area (Å²) in [7, 11) is 0. The molecule has 1 heteroatoms. The van der Waals surface area contributed by atoms with Crippen molar-refractivity contribution in [1.29, 1.82) is 0 Å². The first-order valence-electron chi connectivity index (χ1n) is 5.36. The second kappa shape index (κ2) is 7.24. The minimum atomic E-state index is 0.952. The molecule has 0 heterocycles. The van der Waals surface area contributed by atoms with E-state index in [9.17, 15) is 0 Å². The van der Waals surface area contributed by atoms with Crippen LogP contribution in [0, 0.1) is 13.8 Å². The molecule has 0 aliphatic heterocycles. The number of hydrogen-bond acceptors (Lipinski definition) is 0. The molecule has 16 heavy (non-hydrogen) atoms. The molecule has 2 rings (SSSR count). The highest BCUT2D eigenvalue weighted by Gasteiger charge is 1.84. The zero-order chi connectivity index (χ0) is 11.8. The predicted molar refractivity (Wildman–Crippen MR) is 75.0 cm³/mol. The van der Waals surface area contributed by atoms with Gasteiger partial charge in [0.1, 0.15) is 0 Å². The lowest BCUT2D eigenvalue weighted by Crippen LogP contribution is -1.74. The molecule has 0 aliphatic carbocycles. The zero-order valence-corrected chi connectivity index (χ0v) is 11.4. The standard InChI is InChI=1S/C8H10.C7H7Br/c1-7-5-3-4-6-8(7)2;8-6-7-4-2-1-3-5-7/h3-6H,1-2H3;1-5H,6H2. The van der Waals surface area contributed by atoms with E-state index in [0.717, 1.165) is 5.33 Å². The van der Waals surface area contributed by atoms with Crippen molar-refractivity contribution in [3.8, 4) is 0 Å². The van der Waals surface area contributed by atoms with Crippen LogP contribution in [0.2, 0.25) is 0 Å². The second-order valence-electron chi connectivity index (χ2n) is 3.70. The quantitative estimate of drug-likeness (QED) is 0.651. The van der Waals surface area contributed by atoms with Gasteiger partial charge in [-0.05, 0) is 30.5 Å². The van der Waals surface area contributed by atoms with Gasteiger partial charge < -0.3 is 0 Å². The van der Waals surface area contributed by atoms with Crippen LogP contribution < -0.4 is 0 Å². The van der Waals surface area contributed by atoms with E-state index < -0.39 is 0 Å². The van der Waals surface area contributed by atoms with Crippen LogP contribution in [0.3, 0.4) is 0 Å². The highest BCUT2D eigenvalue weighted by molar-refractivity contribution is 9.08. The molecule has 0 saturated carbocycles. The summed E-state index contributed by atoms with van der Waals surface area (Å²) >= 11 is 3.36. The highest BCUT2D eigenvalue weighted by Crippen LogP contribution is 2.03. The number of rotatable bonds is 1. The molecule has 84 valence electrons. The summed E-state index contributed by atoms with van der Waals surface area (Å²) in [5.74, 6) is 0. The SMILES string of the molecule is BrCc1ccccc1.Cc1ccccc1C. The number of halogens is 1. The van der Waals surface area contributed by atoms with Crippen molar-refractivity contribution < 1.29 is 0 Å². The smallest absolute Gasteiger partial charge is 0.0283 e. The maximum Gasteiger partial charge on any atom is 0.0283 e. The number of alkyl halides is 1. The molecular weight excluding hydrogens is 260 g/mol. The first kappa shape index (κ1) is 13.0. The molecule has 0 saturated heterocycles. The maximum absolute atomic E-state index is 3.36. The molecule has 0 N–H and O–H groups in total. The van der Waals surface area contributed by atoms with Crippen molar-refractivity contribution in [3.05, 3.63) is 71.3 Å². The van der Waals surface area contributed by atoms with Gasteiger partial charge in [0.05, 0.1) is 0 Å². The van der Waals surface area contributed by atoms with Gasteiger partial charge in [0.2, 0.25) is 0 Å². The summed E-state index contributed by atoms with van der Waals surface area (Å²) < 4.78 is 0. The predicted octanol–water partition coefficient (Wildman–Crippen LogP) is 4.88. The van der Waals surface area contributed by atoms with Crippen LogP contribution in [-0.4, -0.2) is 0 Å². The third-order valence-electron chi connectivity index (χ3n) is 2.42. The molecule has 0 radical (unpaired) electrons. The third-order valence-corrected chi connectivity index (χ3v) is 3.07. The summed E-state index contributed by atoms with van der Waals surface area (Å²) in [6.45, 7) is 4.24. The molecule has 2 aromatic rings. The fourth-order valence-electron chi connectivity index (χ4n) is 1.23. The van der Waals surface area contributed by atoms with Crippen molar-refractivity contribution in [3.63, 3.8) is 0 Å². The average Bonchev–Trinajstić information content (AvgIpc) is 2.35. The Morgan fingerprint density at radius 1 is 0.750 bits per heavy atom. The maximum atomic E-state index is 3.36. The monoisotopic (exact) mass is 276 g/mol. The van der Waals surface area contributed by atoms with Crippen LogP contribution in [0.5, 0.6) is 0 Å². The van der Waals surface area contributed by atoms with Gasteiger partial charge in [-0.3, -0.25) is 0 Å². The minimum Gasteiger partial charge on any atom is -0.0876 e. The molecule has 0 unspecified atom stereocenters. The van der Waals surface area contributed by atoms with E-state index in [1.54, 1.807) is 0 Å². The van der Waals surface area contributed by atoms with Crippen LogP contribution in [0.15, 0.2) is 54.6 Å². The van der Waals surface area contributed by atoms with E-state index >= 15 is 0 Å². The average molecular weight is 277 g/mol. The lowest BCUT2D eigenvalue weighted by molar-refractivity contribution is 1.34. The van der Waals surface area contributed by atoms with Gasteiger partial charge in [-0.2, -0.15) is 0 Å². The van der Waals surface area contributed by atoms with Crippen LogP contribution in [-0.2, 0) is 5.33 Å². The lowest BCUT2D eigenvalue weighted by Gasteiger charge is -1.93. The number of hydrogen-bond donors (Lipinski definition) is 0. The Labute approximate surface area is 106 Å². The molecule has 0 spiro atoms. The van der Waals surface area contributed by atoms with Crippen LogP contribution >= 0.6 is 15.9 Å². The fraction of sp³-hybridized carbons (Fsp3) is 0.200. The molecule has 0 bridgehead atoms. The molecule has 0 fully saturated rings. The first-order chi connectivity index (χ1) is 7.74.